The van der Waals surface area contributed by atoms with Gasteiger partial charge in [0, 0.05) is 66.3 Å². The zero-order chi connectivity index (χ0) is 23.2. The number of hydrogen-bond donors (Lipinski definition) is 2. The molecule has 2 N–H and O–H groups in total. The van der Waals surface area contributed by atoms with E-state index in [0.717, 1.165) is 33.7 Å². The maximum absolute atomic E-state index is 13.9. The first-order valence-corrected chi connectivity index (χ1v) is 11.5. The number of fused-ring (bicyclic) bond motifs is 2. The van der Waals surface area contributed by atoms with Crippen molar-refractivity contribution in [3.63, 3.8) is 0 Å². The molecule has 1 fully saturated rings. The minimum Gasteiger partial charge on any atom is -0.368 e. The lowest BCUT2D eigenvalue weighted by Crippen LogP contribution is -2.50. The van der Waals surface area contributed by atoms with Crippen LogP contribution in [0.1, 0.15) is 18.5 Å². The zero-order valence-electron chi connectivity index (χ0n) is 18.8. The molecule has 4 heterocycles. The average Bonchev–Trinajstić information content (AvgIpc) is 3.50. The Morgan fingerprint density at radius 1 is 1.03 bits per heavy atom. The van der Waals surface area contributed by atoms with Crippen molar-refractivity contribution in [3.8, 4) is 0 Å². The molecule has 0 spiro atoms. The highest BCUT2D eigenvalue weighted by Gasteiger charge is 2.36. The maximum atomic E-state index is 13.9. The summed E-state index contributed by atoms with van der Waals surface area (Å²) < 4.78 is 15.2. The quantitative estimate of drug-likeness (QED) is 0.486. The standard InChI is InChI=1S/C26H25FN6O/c1-17-24(26(34)32-14-12-31(13-15-32)19-8-6-18(27)7-9-19)25(33-23(30-17)10-11-29-33)21-16-28-22-5-3-2-4-20(21)22/h2-11,16,25,28,30H,12-15H2,1H3. The van der Waals surface area contributed by atoms with E-state index in [1.54, 1.807) is 18.3 Å². The summed E-state index contributed by atoms with van der Waals surface area (Å²) in [5.41, 5.74) is 4.57. The van der Waals surface area contributed by atoms with Gasteiger partial charge in [-0.15, -0.1) is 0 Å². The number of H-pyrrole nitrogens is 1. The number of para-hydroxylation sites is 1. The van der Waals surface area contributed by atoms with Gasteiger partial charge in [0.15, 0.2) is 0 Å². The van der Waals surface area contributed by atoms with E-state index in [4.69, 9.17) is 0 Å². The van der Waals surface area contributed by atoms with Crippen LogP contribution >= 0.6 is 0 Å². The Hall–Kier alpha value is -4.07. The fraction of sp³-hybridized carbons (Fsp3) is 0.231. The van der Waals surface area contributed by atoms with Crippen molar-refractivity contribution >= 4 is 28.3 Å². The highest BCUT2D eigenvalue weighted by atomic mass is 19.1. The third kappa shape index (κ3) is 3.34. The molecule has 0 aliphatic carbocycles. The molecule has 0 radical (unpaired) electrons. The van der Waals surface area contributed by atoms with Gasteiger partial charge in [-0.25, -0.2) is 9.07 Å². The number of amides is 1. The van der Waals surface area contributed by atoms with E-state index < -0.39 is 0 Å². The fourth-order valence-electron chi connectivity index (χ4n) is 5.08. The molecule has 6 rings (SSSR count). The molecule has 172 valence electrons. The molecular formula is C26H25FN6O. The number of nitrogens with zero attached hydrogens (tertiary/aromatic N) is 4. The second-order valence-electron chi connectivity index (χ2n) is 8.77. The molecule has 0 bridgehead atoms. The number of carbonyl (C=O) groups excluding carboxylic acids is 1. The predicted octanol–water partition coefficient (Wildman–Crippen LogP) is 4.14. The van der Waals surface area contributed by atoms with Gasteiger partial charge in [-0.1, -0.05) is 18.2 Å². The number of hydrogen-bond acceptors (Lipinski definition) is 4. The van der Waals surface area contributed by atoms with Gasteiger partial charge in [-0.2, -0.15) is 5.10 Å². The van der Waals surface area contributed by atoms with Crippen LogP contribution in [0.15, 0.2) is 78.3 Å². The first-order chi connectivity index (χ1) is 16.6. The molecule has 1 saturated heterocycles. The molecule has 4 aromatic rings. The minimum atomic E-state index is -0.329. The molecule has 2 aromatic heterocycles. The highest BCUT2D eigenvalue weighted by Crippen LogP contribution is 2.39. The number of aromatic nitrogens is 3. The summed E-state index contributed by atoms with van der Waals surface area (Å²) >= 11 is 0. The van der Waals surface area contributed by atoms with Crippen molar-refractivity contribution in [2.24, 2.45) is 0 Å². The van der Waals surface area contributed by atoms with Gasteiger partial charge >= 0.3 is 0 Å². The Bertz CT molecular complexity index is 1390. The van der Waals surface area contributed by atoms with Gasteiger partial charge < -0.3 is 20.1 Å². The molecule has 1 atom stereocenters. The number of anilines is 2. The normalized spacial score (nSPS) is 18.2. The zero-order valence-corrected chi connectivity index (χ0v) is 18.8. The lowest BCUT2D eigenvalue weighted by atomic mass is 9.94. The molecule has 1 amide bonds. The second-order valence-corrected chi connectivity index (χ2v) is 8.77. The summed E-state index contributed by atoms with van der Waals surface area (Å²) in [4.78, 5) is 21.4. The monoisotopic (exact) mass is 456 g/mol. The van der Waals surface area contributed by atoms with Gasteiger partial charge in [-0.3, -0.25) is 4.79 Å². The number of benzene rings is 2. The SMILES string of the molecule is CC1=C(C(=O)N2CCN(c3ccc(F)cc3)CC2)C(c2c[nH]c3ccccc23)n2nccc2N1. The third-order valence-corrected chi connectivity index (χ3v) is 6.81. The molecule has 1 unspecified atom stereocenters. The predicted molar refractivity (Wildman–Crippen MR) is 130 cm³/mol. The van der Waals surface area contributed by atoms with Gasteiger partial charge in [0.05, 0.1) is 11.8 Å². The lowest BCUT2D eigenvalue weighted by molar-refractivity contribution is -0.127. The smallest absolute Gasteiger partial charge is 0.254 e. The Morgan fingerprint density at radius 2 is 1.79 bits per heavy atom. The molecule has 0 saturated carbocycles. The first kappa shape index (κ1) is 20.5. The molecule has 2 aliphatic heterocycles. The van der Waals surface area contributed by atoms with E-state index in [9.17, 15) is 9.18 Å². The van der Waals surface area contributed by atoms with Gasteiger partial charge in [-0.05, 0) is 37.3 Å². The van der Waals surface area contributed by atoms with E-state index in [1.165, 1.54) is 12.1 Å². The van der Waals surface area contributed by atoms with Crippen molar-refractivity contribution in [3.05, 3.63) is 89.6 Å². The lowest BCUT2D eigenvalue weighted by Gasteiger charge is -2.38. The first-order valence-electron chi connectivity index (χ1n) is 11.5. The number of nitrogens with one attached hydrogen (secondary N) is 2. The van der Waals surface area contributed by atoms with Crippen LogP contribution in [0.4, 0.5) is 15.9 Å². The van der Waals surface area contributed by atoms with E-state index in [0.29, 0.717) is 31.8 Å². The topological polar surface area (TPSA) is 69.2 Å². The molecule has 8 heteroatoms. The second kappa shape index (κ2) is 8.06. The van der Waals surface area contributed by atoms with E-state index >= 15 is 0 Å². The molecular weight excluding hydrogens is 431 g/mol. The van der Waals surface area contributed by atoms with Crippen molar-refractivity contribution < 1.29 is 9.18 Å². The van der Waals surface area contributed by atoms with Crippen molar-refractivity contribution in [1.82, 2.24) is 19.7 Å². The number of piperazine rings is 1. The van der Waals surface area contributed by atoms with Crippen LogP contribution in [0.3, 0.4) is 0 Å². The summed E-state index contributed by atoms with van der Waals surface area (Å²) in [7, 11) is 0. The molecule has 34 heavy (non-hydrogen) atoms. The van der Waals surface area contributed by atoms with Crippen LogP contribution < -0.4 is 10.2 Å². The van der Waals surface area contributed by atoms with Crippen LogP contribution in [-0.4, -0.2) is 51.8 Å². The number of allylic oxidation sites excluding steroid dienone is 1. The molecule has 2 aromatic carbocycles. The van der Waals surface area contributed by atoms with Gasteiger partial charge in [0.25, 0.3) is 5.91 Å². The largest absolute Gasteiger partial charge is 0.368 e. The Kier molecular flexibility index (Phi) is 4.86. The molecule has 7 nitrogen and oxygen atoms in total. The summed E-state index contributed by atoms with van der Waals surface area (Å²) in [6, 6.07) is 16.2. The van der Waals surface area contributed by atoms with Crippen LogP contribution in [-0.2, 0) is 4.79 Å². The summed E-state index contributed by atoms with van der Waals surface area (Å²) in [6.07, 6.45) is 3.74. The fourth-order valence-corrected chi connectivity index (χ4v) is 5.08. The van der Waals surface area contributed by atoms with Gasteiger partial charge in [0.2, 0.25) is 0 Å². The highest BCUT2D eigenvalue weighted by molar-refractivity contribution is 5.98. The number of halogens is 1. The van der Waals surface area contributed by atoms with E-state index in [1.807, 2.05) is 47.0 Å². The van der Waals surface area contributed by atoms with Crippen molar-refractivity contribution in [2.45, 2.75) is 13.0 Å². The Balaban J connectivity index is 1.31. The third-order valence-electron chi connectivity index (χ3n) is 6.81. The number of aromatic amines is 1. The van der Waals surface area contributed by atoms with Crippen molar-refractivity contribution in [2.75, 3.05) is 36.4 Å². The van der Waals surface area contributed by atoms with Crippen LogP contribution in [0.25, 0.3) is 10.9 Å². The Morgan fingerprint density at radius 3 is 2.59 bits per heavy atom. The van der Waals surface area contributed by atoms with E-state index in [-0.39, 0.29) is 17.8 Å². The maximum Gasteiger partial charge on any atom is 0.254 e. The van der Waals surface area contributed by atoms with Gasteiger partial charge in [0.1, 0.15) is 17.7 Å². The van der Waals surface area contributed by atoms with E-state index in [2.05, 4.69) is 26.4 Å². The van der Waals surface area contributed by atoms with Crippen molar-refractivity contribution in [1.29, 1.82) is 0 Å². The summed E-state index contributed by atoms with van der Waals surface area (Å²) in [5, 5.41) is 9.01. The van der Waals surface area contributed by atoms with Crippen LogP contribution in [0.2, 0.25) is 0 Å². The summed E-state index contributed by atoms with van der Waals surface area (Å²) in [6.45, 7) is 4.54. The molecule has 2 aliphatic rings. The Labute approximate surface area is 196 Å². The minimum absolute atomic E-state index is 0.0141. The summed E-state index contributed by atoms with van der Waals surface area (Å²) in [5.74, 6) is 0.636. The average molecular weight is 457 g/mol. The number of rotatable bonds is 3. The van der Waals surface area contributed by atoms with Crippen LogP contribution in [0, 0.1) is 5.82 Å². The van der Waals surface area contributed by atoms with Crippen LogP contribution in [0.5, 0.6) is 0 Å². The number of carbonyl (C=O) groups is 1.